The van der Waals surface area contributed by atoms with Crippen LogP contribution in [-0.4, -0.2) is 35.5 Å². The minimum atomic E-state index is 0.190. The highest BCUT2D eigenvalue weighted by Gasteiger charge is 2.32. The molecular weight excluding hydrogens is 228 g/mol. The van der Waals surface area contributed by atoms with E-state index in [1.54, 1.807) is 12.1 Å². The third kappa shape index (κ3) is 3.47. The van der Waals surface area contributed by atoms with Gasteiger partial charge in [0.05, 0.1) is 0 Å². The third-order valence-electron chi connectivity index (χ3n) is 3.16. The maximum absolute atomic E-state index is 12.1. The lowest BCUT2D eigenvalue weighted by Gasteiger charge is -2.22. The average Bonchev–Trinajstić information content (AvgIpc) is 3.17. The van der Waals surface area contributed by atoms with Crippen LogP contribution in [-0.2, 0) is 11.3 Å². The zero-order valence-corrected chi connectivity index (χ0v) is 10.7. The molecule has 1 aliphatic rings. The van der Waals surface area contributed by atoms with Crippen LogP contribution in [0.3, 0.4) is 0 Å². The van der Waals surface area contributed by atoms with Crippen molar-refractivity contribution in [2.24, 2.45) is 0 Å². The van der Waals surface area contributed by atoms with E-state index in [4.69, 9.17) is 0 Å². The van der Waals surface area contributed by atoms with Gasteiger partial charge < -0.3 is 15.3 Å². The van der Waals surface area contributed by atoms with Crippen molar-refractivity contribution in [3.8, 4) is 5.75 Å². The van der Waals surface area contributed by atoms with Gasteiger partial charge in [0.15, 0.2) is 0 Å². The Morgan fingerprint density at radius 1 is 1.50 bits per heavy atom. The molecule has 0 unspecified atom stereocenters. The maximum atomic E-state index is 12.1. The molecule has 0 atom stereocenters. The first-order valence-corrected chi connectivity index (χ1v) is 6.42. The van der Waals surface area contributed by atoms with Gasteiger partial charge in [-0.1, -0.05) is 12.1 Å². The van der Waals surface area contributed by atoms with Gasteiger partial charge in [-0.2, -0.15) is 0 Å². The van der Waals surface area contributed by atoms with E-state index in [1.807, 2.05) is 24.1 Å². The van der Waals surface area contributed by atoms with Crippen LogP contribution < -0.4 is 5.32 Å². The van der Waals surface area contributed by atoms with Crippen molar-refractivity contribution in [3.05, 3.63) is 29.8 Å². The molecule has 2 rings (SSSR count). The van der Waals surface area contributed by atoms with Crippen LogP contribution in [0.1, 0.15) is 24.8 Å². The Kier molecular flexibility index (Phi) is 4.20. The van der Waals surface area contributed by atoms with Gasteiger partial charge in [-0.3, -0.25) is 4.79 Å². The van der Waals surface area contributed by atoms with Gasteiger partial charge in [-0.15, -0.1) is 0 Å². The van der Waals surface area contributed by atoms with Crippen LogP contribution in [0.25, 0.3) is 0 Å². The standard InChI is InChI=1S/C14H20N2O2/c1-15-8-7-14(18)16(12-5-6-12)10-11-3-2-4-13(17)9-11/h2-4,9,12,15,17H,5-8,10H2,1H3. The summed E-state index contributed by atoms with van der Waals surface area (Å²) in [6, 6.07) is 7.53. The summed E-state index contributed by atoms with van der Waals surface area (Å²) in [6.45, 7) is 1.31. The summed E-state index contributed by atoms with van der Waals surface area (Å²) < 4.78 is 0. The van der Waals surface area contributed by atoms with Gasteiger partial charge in [0.25, 0.3) is 0 Å². The summed E-state index contributed by atoms with van der Waals surface area (Å²) >= 11 is 0. The highest BCUT2D eigenvalue weighted by Crippen LogP contribution is 2.29. The SMILES string of the molecule is CNCCC(=O)N(Cc1cccc(O)c1)C1CC1. The van der Waals surface area contributed by atoms with Crippen LogP contribution >= 0.6 is 0 Å². The van der Waals surface area contributed by atoms with Gasteiger partial charge in [-0.25, -0.2) is 0 Å². The number of benzene rings is 1. The predicted octanol–water partition coefficient (Wildman–Crippen LogP) is 1.49. The molecule has 1 aromatic carbocycles. The van der Waals surface area contributed by atoms with Crippen molar-refractivity contribution in [2.45, 2.75) is 31.8 Å². The lowest BCUT2D eigenvalue weighted by molar-refractivity contribution is -0.132. The monoisotopic (exact) mass is 248 g/mol. The van der Waals surface area contributed by atoms with E-state index in [0.29, 0.717) is 25.6 Å². The first-order chi connectivity index (χ1) is 8.70. The highest BCUT2D eigenvalue weighted by molar-refractivity contribution is 5.77. The summed E-state index contributed by atoms with van der Waals surface area (Å²) in [4.78, 5) is 14.0. The Hall–Kier alpha value is -1.55. The van der Waals surface area contributed by atoms with E-state index in [1.165, 1.54) is 0 Å². The number of nitrogens with one attached hydrogen (secondary N) is 1. The molecule has 98 valence electrons. The normalized spacial score (nSPS) is 14.5. The minimum Gasteiger partial charge on any atom is -0.508 e. The first-order valence-electron chi connectivity index (χ1n) is 6.42. The Morgan fingerprint density at radius 2 is 2.28 bits per heavy atom. The second kappa shape index (κ2) is 5.87. The summed E-state index contributed by atoms with van der Waals surface area (Å²) in [7, 11) is 1.85. The number of aromatic hydroxyl groups is 1. The Morgan fingerprint density at radius 3 is 2.89 bits per heavy atom. The number of phenolic OH excluding ortho intramolecular Hbond substituents is 1. The molecule has 0 aromatic heterocycles. The summed E-state index contributed by atoms with van der Waals surface area (Å²) in [5.74, 6) is 0.445. The predicted molar refractivity (Wildman–Crippen MR) is 70.2 cm³/mol. The van der Waals surface area contributed by atoms with E-state index in [9.17, 15) is 9.90 Å². The largest absolute Gasteiger partial charge is 0.508 e. The summed E-state index contributed by atoms with van der Waals surface area (Å²) in [5.41, 5.74) is 0.986. The number of hydrogen-bond donors (Lipinski definition) is 2. The minimum absolute atomic E-state index is 0.190. The fourth-order valence-electron chi connectivity index (χ4n) is 2.03. The molecule has 1 amide bonds. The fourth-order valence-corrected chi connectivity index (χ4v) is 2.03. The van der Waals surface area contributed by atoms with Crippen LogP contribution in [0.15, 0.2) is 24.3 Å². The maximum Gasteiger partial charge on any atom is 0.224 e. The van der Waals surface area contributed by atoms with Crippen LogP contribution in [0.2, 0.25) is 0 Å². The smallest absolute Gasteiger partial charge is 0.224 e. The third-order valence-corrected chi connectivity index (χ3v) is 3.16. The molecule has 4 heteroatoms. The van der Waals surface area contributed by atoms with E-state index < -0.39 is 0 Å². The van der Waals surface area contributed by atoms with Crippen LogP contribution in [0, 0.1) is 0 Å². The van der Waals surface area contributed by atoms with E-state index >= 15 is 0 Å². The topological polar surface area (TPSA) is 52.6 Å². The van der Waals surface area contributed by atoms with Crippen LogP contribution in [0.5, 0.6) is 5.75 Å². The second-order valence-electron chi connectivity index (χ2n) is 4.78. The van der Waals surface area contributed by atoms with Crippen LogP contribution in [0.4, 0.5) is 0 Å². The molecular formula is C14H20N2O2. The molecule has 0 heterocycles. The van der Waals surface area contributed by atoms with E-state index in [2.05, 4.69) is 5.32 Å². The Bertz CT molecular complexity index is 416. The molecule has 0 bridgehead atoms. The molecule has 0 aliphatic heterocycles. The molecule has 1 aliphatic carbocycles. The lowest BCUT2D eigenvalue weighted by atomic mass is 10.2. The molecule has 0 saturated heterocycles. The van der Waals surface area contributed by atoms with Crippen molar-refractivity contribution in [1.82, 2.24) is 10.2 Å². The van der Waals surface area contributed by atoms with Crippen molar-refractivity contribution in [2.75, 3.05) is 13.6 Å². The Balaban J connectivity index is 2.00. The number of rotatable bonds is 6. The summed E-state index contributed by atoms with van der Waals surface area (Å²) in [5, 5.41) is 12.4. The molecule has 2 N–H and O–H groups in total. The first kappa shape index (κ1) is 12.9. The van der Waals surface area contributed by atoms with Gasteiger partial charge in [0, 0.05) is 25.6 Å². The quantitative estimate of drug-likeness (QED) is 0.802. The molecule has 1 fully saturated rings. The number of carbonyl (C=O) groups is 1. The Labute approximate surface area is 108 Å². The van der Waals surface area contributed by atoms with E-state index in [0.717, 1.165) is 18.4 Å². The van der Waals surface area contributed by atoms with Gasteiger partial charge in [-0.05, 0) is 37.6 Å². The zero-order chi connectivity index (χ0) is 13.0. The lowest BCUT2D eigenvalue weighted by Crippen LogP contribution is -2.34. The van der Waals surface area contributed by atoms with E-state index in [-0.39, 0.29) is 11.7 Å². The molecule has 0 spiro atoms. The number of phenols is 1. The second-order valence-corrected chi connectivity index (χ2v) is 4.78. The molecule has 1 saturated carbocycles. The molecule has 18 heavy (non-hydrogen) atoms. The molecule has 1 aromatic rings. The summed E-state index contributed by atoms with van der Waals surface area (Å²) in [6.07, 6.45) is 2.74. The van der Waals surface area contributed by atoms with Crippen molar-refractivity contribution < 1.29 is 9.90 Å². The van der Waals surface area contributed by atoms with Gasteiger partial charge >= 0.3 is 0 Å². The van der Waals surface area contributed by atoms with Crippen molar-refractivity contribution in [1.29, 1.82) is 0 Å². The van der Waals surface area contributed by atoms with Crippen molar-refractivity contribution >= 4 is 5.91 Å². The van der Waals surface area contributed by atoms with Crippen molar-refractivity contribution in [3.63, 3.8) is 0 Å². The molecule has 0 radical (unpaired) electrons. The highest BCUT2D eigenvalue weighted by atomic mass is 16.3. The number of hydrogen-bond acceptors (Lipinski definition) is 3. The number of amides is 1. The zero-order valence-electron chi connectivity index (χ0n) is 10.7. The fraction of sp³-hybridized carbons (Fsp3) is 0.500. The average molecular weight is 248 g/mol. The molecule has 4 nitrogen and oxygen atoms in total. The van der Waals surface area contributed by atoms with Gasteiger partial charge in [0.2, 0.25) is 5.91 Å². The van der Waals surface area contributed by atoms with Gasteiger partial charge in [0.1, 0.15) is 5.75 Å². The number of carbonyl (C=O) groups excluding carboxylic acids is 1. The number of nitrogens with zero attached hydrogens (tertiary/aromatic N) is 1.